The van der Waals surface area contributed by atoms with E-state index in [4.69, 9.17) is 5.73 Å². The van der Waals surface area contributed by atoms with Gasteiger partial charge in [-0.3, -0.25) is 9.58 Å². The summed E-state index contributed by atoms with van der Waals surface area (Å²) in [6.45, 7) is 3.13. The predicted molar refractivity (Wildman–Crippen MR) is 67.6 cm³/mol. The Kier molecular flexibility index (Phi) is 4.39. The van der Waals surface area contributed by atoms with Crippen molar-refractivity contribution in [1.29, 1.82) is 0 Å². The smallest absolute Gasteiger partial charge is 0.145 e. The van der Waals surface area contributed by atoms with Crippen LogP contribution in [0.25, 0.3) is 0 Å². The third-order valence-corrected chi connectivity index (χ3v) is 3.49. The molecule has 0 aromatic carbocycles. The van der Waals surface area contributed by atoms with E-state index in [9.17, 15) is 5.11 Å². The summed E-state index contributed by atoms with van der Waals surface area (Å²) in [6, 6.07) is 2.14. The van der Waals surface area contributed by atoms with Crippen molar-refractivity contribution in [2.24, 2.45) is 0 Å². The Hall–Kier alpha value is -1.07. The quantitative estimate of drug-likeness (QED) is 0.810. The normalized spacial score (nSPS) is 22.5. The molecule has 1 fully saturated rings. The van der Waals surface area contributed by atoms with Crippen molar-refractivity contribution in [2.75, 3.05) is 25.4 Å². The van der Waals surface area contributed by atoms with Crippen LogP contribution in [-0.4, -0.2) is 45.5 Å². The number of aliphatic hydroxyl groups is 1. The number of hydrogen-bond acceptors (Lipinski definition) is 4. The fourth-order valence-electron chi connectivity index (χ4n) is 2.47. The molecule has 0 spiro atoms. The van der Waals surface area contributed by atoms with Crippen molar-refractivity contribution < 1.29 is 5.11 Å². The Morgan fingerprint density at radius 2 is 2.24 bits per heavy atom. The molecule has 1 aliphatic rings. The second kappa shape index (κ2) is 6.02. The van der Waals surface area contributed by atoms with Gasteiger partial charge in [0, 0.05) is 18.8 Å². The molecule has 17 heavy (non-hydrogen) atoms. The molecule has 0 aliphatic carbocycles. The van der Waals surface area contributed by atoms with Gasteiger partial charge in [0.25, 0.3) is 0 Å². The lowest BCUT2D eigenvalue weighted by molar-refractivity contribution is 0.120. The fraction of sp³-hybridized carbons (Fsp3) is 0.750. The van der Waals surface area contributed by atoms with Gasteiger partial charge in [0.15, 0.2) is 0 Å². The summed E-state index contributed by atoms with van der Waals surface area (Å²) in [5, 5.41) is 13.6. The summed E-state index contributed by atoms with van der Waals surface area (Å²) in [5.41, 5.74) is 5.58. The van der Waals surface area contributed by atoms with Gasteiger partial charge in [-0.05, 0) is 25.5 Å². The molecule has 1 aromatic heterocycles. The first-order valence-electron chi connectivity index (χ1n) is 6.43. The Balaban J connectivity index is 1.87. The third kappa shape index (κ3) is 3.44. The average molecular weight is 238 g/mol. The molecule has 2 heterocycles. The van der Waals surface area contributed by atoms with E-state index in [0.717, 1.165) is 26.1 Å². The maximum absolute atomic E-state index is 9.40. The molecule has 1 aromatic rings. The minimum Gasteiger partial charge on any atom is -0.395 e. The van der Waals surface area contributed by atoms with Gasteiger partial charge in [-0.1, -0.05) is 12.8 Å². The largest absolute Gasteiger partial charge is 0.395 e. The standard InChI is InChI=1S/C12H22N4O/c13-12-5-7-16(14-12)9-8-15-6-3-1-2-4-11(15)10-17/h5,7,11,17H,1-4,6,8-10H2,(H2,13,14). The van der Waals surface area contributed by atoms with Crippen LogP contribution >= 0.6 is 0 Å². The minimum atomic E-state index is 0.265. The molecule has 1 aliphatic heterocycles. The van der Waals surface area contributed by atoms with Gasteiger partial charge in [-0.25, -0.2) is 0 Å². The minimum absolute atomic E-state index is 0.265. The van der Waals surface area contributed by atoms with Crippen molar-refractivity contribution in [3.63, 3.8) is 0 Å². The number of hydrogen-bond donors (Lipinski definition) is 2. The number of rotatable bonds is 4. The summed E-state index contributed by atoms with van der Waals surface area (Å²) in [5.74, 6) is 0.569. The van der Waals surface area contributed by atoms with Crippen LogP contribution in [0.5, 0.6) is 0 Å². The van der Waals surface area contributed by atoms with Crippen LogP contribution in [-0.2, 0) is 6.54 Å². The molecule has 0 radical (unpaired) electrons. The second-order valence-electron chi connectivity index (χ2n) is 4.73. The van der Waals surface area contributed by atoms with Gasteiger partial charge < -0.3 is 10.8 Å². The van der Waals surface area contributed by atoms with Gasteiger partial charge in [-0.15, -0.1) is 0 Å². The molecule has 0 bridgehead atoms. The van der Waals surface area contributed by atoms with Gasteiger partial charge >= 0.3 is 0 Å². The first kappa shape index (κ1) is 12.4. The molecule has 5 nitrogen and oxygen atoms in total. The molecule has 0 amide bonds. The molecule has 1 unspecified atom stereocenters. The molecular weight excluding hydrogens is 216 g/mol. The molecule has 3 N–H and O–H groups in total. The van der Waals surface area contributed by atoms with Crippen LogP contribution in [0, 0.1) is 0 Å². The van der Waals surface area contributed by atoms with E-state index >= 15 is 0 Å². The van der Waals surface area contributed by atoms with Crippen LogP contribution < -0.4 is 5.73 Å². The van der Waals surface area contributed by atoms with E-state index in [2.05, 4.69) is 10.00 Å². The van der Waals surface area contributed by atoms with Gasteiger partial charge in [0.2, 0.25) is 0 Å². The highest BCUT2D eigenvalue weighted by Crippen LogP contribution is 2.16. The van der Waals surface area contributed by atoms with Crippen molar-refractivity contribution in [1.82, 2.24) is 14.7 Å². The highest BCUT2D eigenvalue weighted by molar-refractivity contribution is 5.23. The highest BCUT2D eigenvalue weighted by Gasteiger charge is 2.19. The number of likely N-dealkylation sites (tertiary alicyclic amines) is 1. The number of nitrogen functional groups attached to an aromatic ring is 1. The molecule has 0 saturated carbocycles. The Labute approximate surface area is 102 Å². The first-order valence-corrected chi connectivity index (χ1v) is 6.43. The monoisotopic (exact) mass is 238 g/mol. The average Bonchev–Trinajstić information content (AvgIpc) is 2.63. The van der Waals surface area contributed by atoms with E-state index < -0.39 is 0 Å². The topological polar surface area (TPSA) is 67.3 Å². The van der Waals surface area contributed by atoms with Crippen molar-refractivity contribution in [2.45, 2.75) is 38.3 Å². The number of nitrogens with two attached hydrogens (primary N) is 1. The van der Waals surface area contributed by atoms with E-state index in [1.165, 1.54) is 19.3 Å². The van der Waals surface area contributed by atoms with Crippen molar-refractivity contribution >= 4 is 5.82 Å². The SMILES string of the molecule is Nc1ccn(CCN2CCCCCC2CO)n1. The lowest BCUT2D eigenvalue weighted by atomic mass is 10.1. The molecule has 96 valence electrons. The Bertz CT molecular complexity index is 339. The Morgan fingerprint density at radius 1 is 1.35 bits per heavy atom. The number of aliphatic hydroxyl groups excluding tert-OH is 1. The van der Waals surface area contributed by atoms with Crippen LogP contribution in [0.3, 0.4) is 0 Å². The highest BCUT2D eigenvalue weighted by atomic mass is 16.3. The summed E-state index contributed by atoms with van der Waals surface area (Å²) >= 11 is 0. The number of nitrogens with zero attached hydrogens (tertiary/aromatic N) is 3. The molecule has 1 atom stereocenters. The summed E-state index contributed by atoms with van der Waals surface area (Å²) in [6.07, 6.45) is 6.76. The van der Waals surface area contributed by atoms with Crippen LogP contribution in [0.15, 0.2) is 12.3 Å². The van der Waals surface area contributed by atoms with Crippen molar-refractivity contribution in [3.05, 3.63) is 12.3 Å². The number of anilines is 1. The summed E-state index contributed by atoms with van der Waals surface area (Å²) < 4.78 is 1.87. The third-order valence-electron chi connectivity index (χ3n) is 3.49. The lowest BCUT2D eigenvalue weighted by Crippen LogP contribution is -2.39. The van der Waals surface area contributed by atoms with E-state index in [1.807, 2.05) is 16.9 Å². The Morgan fingerprint density at radius 3 is 2.94 bits per heavy atom. The van der Waals surface area contributed by atoms with Crippen LogP contribution in [0.1, 0.15) is 25.7 Å². The predicted octanol–water partition coefficient (Wildman–Crippen LogP) is 0.702. The van der Waals surface area contributed by atoms with Crippen molar-refractivity contribution in [3.8, 4) is 0 Å². The summed E-state index contributed by atoms with van der Waals surface area (Å²) in [7, 11) is 0. The van der Waals surface area contributed by atoms with E-state index in [0.29, 0.717) is 11.9 Å². The fourth-order valence-corrected chi connectivity index (χ4v) is 2.47. The zero-order chi connectivity index (χ0) is 12.1. The maximum Gasteiger partial charge on any atom is 0.145 e. The molecule has 1 saturated heterocycles. The van der Waals surface area contributed by atoms with E-state index in [1.54, 1.807) is 0 Å². The zero-order valence-corrected chi connectivity index (χ0v) is 10.3. The van der Waals surface area contributed by atoms with Crippen LogP contribution in [0.2, 0.25) is 0 Å². The second-order valence-corrected chi connectivity index (χ2v) is 4.73. The molecule has 5 heteroatoms. The van der Waals surface area contributed by atoms with Crippen LogP contribution in [0.4, 0.5) is 5.82 Å². The number of aromatic nitrogens is 2. The summed E-state index contributed by atoms with van der Waals surface area (Å²) in [4.78, 5) is 2.38. The first-order chi connectivity index (χ1) is 8.29. The molecule has 2 rings (SSSR count). The lowest BCUT2D eigenvalue weighted by Gasteiger charge is -2.28. The van der Waals surface area contributed by atoms with E-state index in [-0.39, 0.29) is 6.61 Å². The van der Waals surface area contributed by atoms with Gasteiger partial charge in [0.1, 0.15) is 5.82 Å². The van der Waals surface area contributed by atoms with Gasteiger partial charge in [0.05, 0.1) is 13.2 Å². The van der Waals surface area contributed by atoms with Gasteiger partial charge in [-0.2, -0.15) is 5.10 Å². The zero-order valence-electron chi connectivity index (χ0n) is 10.3. The molecular formula is C12H22N4O. The maximum atomic E-state index is 9.40.